The number of rotatable bonds is 4. The van der Waals surface area contributed by atoms with Crippen LogP contribution in [0.3, 0.4) is 0 Å². The maximum absolute atomic E-state index is 12.3. The number of carbonyl (C=O) groups is 2. The van der Waals surface area contributed by atoms with E-state index >= 15 is 0 Å². The average molecular weight is 447 g/mol. The van der Waals surface area contributed by atoms with E-state index in [9.17, 15) is 14.7 Å². The standard InChI is InChI=1S/C23H25N7O3/c1-14-8-11-29(19(31)7-10-24)13-18(14)28(2)21-17-9-12-30(23(32)33)22(17)27-20(26-21)15-3-5-16(25)6-4-15/h3-6,9,12,14,18H,7-8,11,13,25H2,1-2H3,(H,32,33)/t14-,18+/m1/s1. The average Bonchev–Trinajstić information content (AvgIpc) is 3.23. The van der Waals surface area contributed by atoms with Crippen LogP contribution in [0.15, 0.2) is 36.5 Å². The first-order valence-corrected chi connectivity index (χ1v) is 10.7. The number of likely N-dealkylation sites (N-methyl/N-ethyl adjacent to an activating group) is 1. The number of carbonyl (C=O) groups excluding carboxylic acids is 1. The number of amides is 1. The number of nitrogens with two attached hydrogens (primary N) is 1. The van der Waals surface area contributed by atoms with E-state index in [0.29, 0.717) is 41.4 Å². The topological polar surface area (TPSA) is 141 Å². The van der Waals surface area contributed by atoms with Crippen molar-refractivity contribution in [3.8, 4) is 17.5 Å². The van der Waals surface area contributed by atoms with Gasteiger partial charge in [-0.25, -0.2) is 19.3 Å². The van der Waals surface area contributed by atoms with E-state index in [1.807, 2.05) is 18.0 Å². The number of carboxylic acid groups (broad SMARTS) is 1. The molecule has 1 aliphatic rings. The van der Waals surface area contributed by atoms with Crippen molar-refractivity contribution in [3.05, 3.63) is 36.5 Å². The number of nitrogens with zero attached hydrogens (tertiary/aromatic N) is 6. The van der Waals surface area contributed by atoms with Gasteiger partial charge in [0.15, 0.2) is 11.5 Å². The first-order chi connectivity index (χ1) is 15.8. The summed E-state index contributed by atoms with van der Waals surface area (Å²) < 4.78 is 1.07. The molecule has 1 aromatic carbocycles. The minimum atomic E-state index is -1.14. The Morgan fingerprint density at radius 2 is 2.00 bits per heavy atom. The van der Waals surface area contributed by atoms with Gasteiger partial charge in [0.2, 0.25) is 5.91 Å². The smallest absolute Gasteiger partial charge is 0.417 e. The highest BCUT2D eigenvalue weighted by Crippen LogP contribution is 2.32. The van der Waals surface area contributed by atoms with Crippen LogP contribution in [0, 0.1) is 17.2 Å². The number of nitrogen functional groups attached to an aromatic ring is 1. The van der Waals surface area contributed by atoms with Crippen molar-refractivity contribution in [1.82, 2.24) is 19.4 Å². The molecule has 0 bridgehead atoms. The van der Waals surface area contributed by atoms with Gasteiger partial charge in [0, 0.05) is 37.6 Å². The lowest BCUT2D eigenvalue weighted by molar-refractivity contribution is -0.131. The highest BCUT2D eigenvalue weighted by atomic mass is 16.4. The largest absolute Gasteiger partial charge is 0.464 e. The van der Waals surface area contributed by atoms with Crippen LogP contribution in [0.5, 0.6) is 0 Å². The third-order valence-corrected chi connectivity index (χ3v) is 6.23. The van der Waals surface area contributed by atoms with E-state index in [4.69, 9.17) is 16.0 Å². The Hall–Kier alpha value is -4.13. The fraction of sp³-hybridized carbons (Fsp3) is 0.348. The molecule has 33 heavy (non-hydrogen) atoms. The van der Waals surface area contributed by atoms with Gasteiger partial charge < -0.3 is 20.6 Å². The number of nitriles is 1. The number of benzene rings is 1. The van der Waals surface area contributed by atoms with E-state index in [2.05, 4.69) is 11.9 Å². The fourth-order valence-electron chi connectivity index (χ4n) is 4.30. The Labute approximate surface area is 190 Å². The molecule has 170 valence electrons. The minimum absolute atomic E-state index is 0.0630. The molecule has 0 spiro atoms. The van der Waals surface area contributed by atoms with Crippen LogP contribution in [-0.4, -0.2) is 62.7 Å². The monoisotopic (exact) mass is 447 g/mol. The van der Waals surface area contributed by atoms with Gasteiger partial charge >= 0.3 is 6.09 Å². The molecule has 3 N–H and O–H groups in total. The predicted octanol–water partition coefficient (Wildman–Crippen LogP) is 2.79. The summed E-state index contributed by atoms with van der Waals surface area (Å²) in [6.07, 6.45) is 0.964. The third-order valence-electron chi connectivity index (χ3n) is 6.23. The fourth-order valence-corrected chi connectivity index (χ4v) is 4.30. The van der Waals surface area contributed by atoms with Crippen molar-refractivity contribution >= 4 is 34.5 Å². The Kier molecular flexibility index (Phi) is 5.87. The number of aromatic nitrogens is 3. The Balaban J connectivity index is 1.80. The van der Waals surface area contributed by atoms with Crippen LogP contribution in [0.1, 0.15) is 19.8 Å². The molecule has 1 saturated heterocycles. The summed E-state index contributed by atoms with van der Waals surface area (Å²) in [6, 6.07) is 10.6. The van der Waals surface area contributed by atoms with Gasteiger partial charge in [-0.1, -0.05) is 6.92 Å². The Morgan fingerprint density at radius 3 is 2.67 bits per heavy atom. The predicted molar refractivity (Wildman–Crippen MR) is 124 cm³/mol. The molecule has 3 heterocycles. The number of hydrogen-bond donors (Lipinski definition) is 2. The molecule has 0 unspecified atom stereocenters. The molecular formula is C23H25N7O3. The minimum Gasteiger partial charge on any atom is -0.464 e. The van der Waals surface area contributed by atoms with E-state index in [1.165, 1.54) is 6.20 Å². The highest BCUT2D eigenvalue weighted by Gasteiger charge is 2.33. The van der Waals surface area contributed by atoms with Crippen molar-refractivity contribution in [1.29, 1.82) is 5.26 Å². The van der Waals surface area contributed by atoms with Gasteiger partial charge in [-0.2, -0.15) is 5.26 Å². The maximum atomic E-state index is 12.3. The van der Waals surface area contributed by atoms with E-state index in [-0.39, 0.29) is 29.9 Å². The van der Waals surface area contributed by atoms with Crippen LogP contribution in [0.25, 0.3) is 22.4 Å². The highest BCUT2D eigenvalue weighted by molar-refractivity contribution is 5.94. The van der Waals surface area contributed by atoms with Gasteiger partial charge in [-0.05, 0) is 42.7 Å². The summed E-state index contributed by atoms with van der Waals surface area (Å²) in [5.74, 6) is 1.03. The molecule has 0 aliphatic carbocycles. The number of piperidine rings is 1. The second-order valence-corrected chi connectivity index (χ2v) is 8.32. The molecule has 0 saturated carbocycles. The Bertz CT molecular complexity index is 1250. The van der Waals surface area contributed by atoms with Crippen LogP contribution in [-0.2, 0) is 4.79 Å². The first-order valence-electron chi connectivity index (χ1n) is 10.7. The van der Waals surface area contributed by atoms with Crippen molar-refractivity contribution < 1.29 is 14.7 Å². The molecule has 2 atom stereocenters. The summed E-state index contributed by atoms with van der Waals surface area (Å²) in [4.78, 5) is 37.2. The summed E-state index contributed by atoms with van der Waals surface area (Å²) in [5, 5.41) is 19.2. The quantitative estimate of drug-likeness (QED) is 0.582. The van der Waals surface area contributed by atoms with Crippen LogP contribution >= 0.6 is 0 Å². The lowest BCUT2D eigenvalue weighted by Crippen LogP contribution is -2.52. The van der Waals surface area contributed by atoms with Crippen molar-refractivity contribution in [2.24, 2.45) is 5.92 Å². The lowest BCUT2D eigenvalue weighted by Gasteiger charge is -2.42. The molecule has 3 aromatic rings. The van der Waals surface area contributed by atoms with Gasteiger partial charge in [0.05, 0.1) is 17.5 Å². The summed E-state index contributed by atoms with van der Waals surface area (Å²) in [5.41, 5.74) is 7.40. The first kappa shape index (κ1) is 22.1. The van der Waals surface area contributed by atoms with Gasteiger partial charge in [-0.15, -0.1) is 0 Å². The third kappa shape index (κ3) is 4.17. The second kappa shape index (κ2) is 8.78. The number of likely N-dealkylation sites (tertiary alicyclic amines) is 1. The van der Waals surface area contributed by atoms with Crippen LogP contribution in [0.2, 0.25) is 0 Å². The van der Waals surface area contributed by atoms with Crippen LogP contribution in [0.4, 0.5) is 16.3 Å². The molecule has 1 fully saturated rings. The normalized spacial score (nSPS) is 18.2. The van der Waals surface area contributed by atoms with E-state index in [1.54, 1.807) is 35.2 Å². The molecule has 10 heteroatoms. The number of fused-ring (bicyclic) bond motifs is 1. The van der Waals surface area contributed by atoms with E-state index < -0.39 is 6.09 Å². The lowest BCUT2D eigenvalue weighted by atomic mass is 9.92. The van der Waals surface area contributed by atoms with E-state index in [0.717, 1.165) is 11.0 Å². The molecular weight excluding hydrogens is 422 g/mol. The summed E-state index contributed by atoms with van der Waals surface area (Å²) >= 11 is 0. The molecule has 2 aromatic heterocycles. The zero-order chi connectivity index (χ0) is 23.7. The van der Waals surface area contributed by atoms with Gasteiger partial charge in [-0.3, -0.25) is 4.79 Å². The zero-order valence-corrected chi connectivity index (χ0v) is 18.5. The molecule has 4 rings (SSSR count). The second-order valence-electron chi connectivity index (χ2n) is 8.32. The molecule has 1 aliphatic heterocycles. The molecule has 1 amide bonds. The van der Waals surface area contributed by atoms with Gasteiger partial charge in [0.1, 0.15) is 12.2 Å². The van der Waals surface area contributed by atoms with Crippen molar-refractivity contribution in [3.63, 3.8) is 0 Å². The summed E-state index contributed by atoms with van der Waals surface area (Å²) in [7, 11) is 1.89. The molecule has 0 radical (unpaired) electrons. The summed E-state index contributed by atoms with van der Waals surface area (Å²) in [6.45, 7) is 3.19. The van der Waals surface area contributed by atoms with Crippen molar-refractivity contribution in [2.75, 3.05) is 30.8 Å². The zero-order valence-electron chi connectivity index (χ0n) is 18.5. The SMILES string of the molecule is C[C@@H]1CCN(C(=O)CC#N)C[C@@H]1N(C)c1nc(-c2ccc(N)cc2)nc2c1ccn2C(=O)O. The Morgan fingerprint density at radius 1 is 1.27 bits per heavy atom. The molecule has 10 nitrogen and oxygen atoms in total. The number of hydrogen-bond acceptors (Lipinski definition) is 7. The van der Waals surface area contributed by atoms with Crippen LogP contribution < -0.4 is 10.6 Å². The number of anilines is 2. The van der Waals surface area contributed by atoms with Crippen molar-refractivity contribution in [2.45, 2.75) is 25.8 Å². The van der Waals surface area contributed by atoms with Gasteiger partial charge in [0.25, 0.3) is 0 Å². The maximum Gasteiger partial charge on any atom is 0.417 e.